The van der Waals surface area contributed by atoms with Crippen LogP contribution >= 0.6 is 0 Å². The molecule has 1 aliphatic carbocycles. The molecule has 2 aromatic heterocycles. The van der Waals surface area contributed by atoms with Crippen LogP contribution in [0.3, 0.4) is 0 Å². The molecule has 8 nitrogen and oxygen atoms in total. The van der Waals surface area contributed by atoms with Gasteiger partial charge in [0.1, 0.15) is 29.5 Å². The van der Waals surface area contributed by atoms with Crippen molar-refractivity contribution in [3.63, 3.8) is 0 Å². The molecule has 3 rings (SSSR count). The minimum Gasteiger partial charge on any atom is -0.446 e. The number of nitrogens with zero attached hydrogens (tertiary/aromatic N) is 3. The number of amides is 1. The first-order valence-electron chi connectivity index (χ1n) is 9.10. The van der Waals surface area contributed by atoms with Crippen molar-refractivity contribution in [3.05, 3.63) is 24.0 Å². The van der Waals surface area contributed by atoms with E-state index in [2.05, 4.69) is 32.0 Å². The Morgan fingerprint density at radius 1 is 1.37 bits per heavy atom. The highest BCUT2D eigenvalue weighted by atomic mass is 16.6. The highest BCUT2D eigenvalue weighted by molar-refractivity contribution is 5.93. The summed E-state index contributed by atoms with van der Waals surface area (Å²) >= 11 is 0. The second-order valence-electron chi connectivity index (χ2n) is 6.99. The van der Waals surface area contributed by atoms with Gasteiger partial charge in [0, 0.05) is 42.5 Å². The third-order valence-corrected chi connectivity index (χ3v) is 4.47. The van der Waals surface area contributed by atoms with Crippen LogP contribution in [-0.2, 0) is 4.74 Å². The van der Waals surface area contributed by atoms with Gasteiger partial charge in [-0.1, -0.05) is 0 Å². The topological polar surface area (TPSA) is 112 Å². The van der Waals surface area contributed by atoms with E-state index >= 15 is 0 Å². The first-order valence-corrected chi connectivity index (χ1v) is 9.10. The van der Waals surface area contributed by atoms with Gasteiger partial charge >= 0.3 is 6.09 Å². The van der Waals surface area contributed by atoms with Gasteiger partial charge in [-0.25, -0.2) is 14.8 Å². The second-order valence-corrected chi connectivity index (χ2v) is 6.99. The fraction of sp³-hybridized carbons (Fsp3) is 0.474. The number of alkyl carbamates (subject to hydrolysis) is 1. The van der Waals surface area contributed by atoms with Crippen molar-refractivity contribution in [1.29, 1.82) is 5.26 Å². The van der Waals surface area contributed by atoms with Crippen molar-refractivity contribution in [2.45, 2.75) is 51.3 Å². The minimum absolute atomic E-state index is 0.0825. The second kappa shape index (κ2) is 8.08. The molecule has 27 heavy (non-hydrogen) atoms. The molecule has 2 atom stereocenters. The smallest absolute Gasteiger partial charge is 0.407 e. The Hall–Kier alpha value is -3.08. The van der Waals surface area contributed by atoms with Crippen LogP contribution in [-0.4, -0.2) is 41.3 Å². The molecule has 1 unspecified atom stereocenters. The zero-order valence-electron chi connectivity index (χ0n) is 15.7. The van der Waals surface area contributed by atoms with Crippen LogP contribution in [0.25, 0.3) is 10.8 Å². The zero-order valence-corrected chi connectivity index (χ0v) is 15.7. The van der Waals surface area contributed by atoms with Crippen molar-refractivity contribution in [2.75, 3.05) is 17.7 Å². The maximum Gasteiger partial charge on any atom is 0.407 e. The van der Waals surface area contributed by atoms with E-state index in [1.54, 1.807) is 19.3 Å². The standard InChI is InChI=1S/C19H24N6O2/c1-11(2)23-18-16-8-17(22-10-12(16)6-14(9-20)25-18)24-13-4-5-15(7-13)27-19(26)21-3/h6,8,10-11,13,15H,4-5,7H2,1-3H3,(H,21,26)(H,22,24)(H,23,25)/t13?,15-/m0/s1. The first kappa shape index (κ1) is 18.7. The fourth-order valence-corrected chi connectivity index (χ4v) is 3.26. The molecule has 8 heteroatoms. The average molecular weight is 368 g/mol. The number of carbonyl (C=O) groups excluding carboxylic acids is 1. The summed E-state index contributed by atoms with van der Waals surface area (Å²) in [5.41, 5.74) is 0.359. The van der Waals surface area contributed by atoms with Gasteiger partial charge in [-0.3, -0.25) is 0 Å². The number of hydrogen-bond acceptors (Lipinski definition) is 7. The quantitative estimate of drug-likeness (QED) is 0.743. The van der Waals surface area contributed by atoms with Gasteiger partial charge in [0.15, 0.2) is 0 Å². The molecule has 1 amide bonds. The fourth-order valence-electron chi connectivity index (χ4n) is 3.26. The third kappa shape index (κ3) is 4.56. The average Bonchev–Trinajstić information content (AvgIpc) is 3.08. The molecule has 0 aliphatic heterocycles. The molecule has 0 saturated heterocycles. The van der Waals surface area contributed by atoms with Gasteiger partial charge in [0.25, 0.3) is 0 Å². The third-order valence-electron chi connectivity index (χ3n) is 4.47. The van der Waals surface area contributed by atoms with Gasteiger partial charge in [-0.15, -0.1) is 0 Å². The molecule has 142 valence electrons. The molecule has 2 heterocycles. The van der Waals surface area contributed by atoms with Crippen molar-refractivity contribution < 1.29 is 9.53 Å². The lowest BCUT2D eigenvalue weighted by Gasteiger charge is -2.16. The molecule has 0 aromatic carbocycles. The van der Waals surface area contributed by atoms with Crippen molar-refractivity contribution >= 4 is 28.5 Å². The number of fused-ring (bicyclic) bond motifs is 1. The molecule has 1 saturated carbocycles. The van der Waals surface area contributed by atoms with Crippen molar-refractivity contribution in [3.8, 4) is 6.07 Å². The predicted molar refractivity (Wildman–Crippen MR) is 104 cm³/mol. The lowest BCUT2D eigenvalue weighted by atomic mass is 10.1. The number of anilines is 2. The Balaban J connectivity index is 1.78. The number of aromatic nitrogens is 2. The number of rotatable bonds is 5. The molecular weight excluding hydrogens is 344 g/mol. The van der Waals surface area contributed by atoms with E-state index in [4.69, 9.17) is 4.74 Å². The number of ether oxygens (including phenoxy) is 1. The molecule has 0 spiro atoms. The summed E-state index contributed by atoms with van der Waals surface area (Å²) in [4.78, 5) is 20.2. The number of nitriles is 1. The SMILES string of the molecule is CNC(=O)O[C@H]1CCC(Nc2cc3c(NC(C)C)nc(C#N)cc3cn2)C1. The Bertz CT molecular complexity index is 876. The summed E-state index contributed by atoms with van der Waals surface area (Å²) < 4.78 is 5.33. The maximum absolute atomic E-state index is 11.4. The van der Waals surface area contributed by atoms with E-state index in [9.17, 15) is 10.1 Å². The van der Waals surface area contributed by atoms with Crippen LogP contribution in [0, 0.1) is 11.3 Å². The van der Waals surface area contributed by atoms with Gasteiger partial charge < -0.3 is 20.7 Å². The summed E-state index contributed by atoms with van der Waals surface area (Å²) in [5.74, 6) is 1.42. The Morgan fingerprint density at radius 2 is 2.19 bits per heavy atom. The van der Waals surface area contributed by atoms with Gasteiger partial charge in [0.2, 0.25) is 0 Å². The predicted octanol–water partition coefficient (Wildman–Crippen LogP) is 3.01. The van der Waals surface area contributed by atoms with E-state index in [-0.39, 0.29) is 18.2 Å². The summed E-state index contributed by atoms with van der Waals surface area (Å²) in [6.07, 6.45) is 3.75. The normalized spacial score (nSPS) is 18.9. The molecule has 2 aromatic rings. The van der Waals surface area contributed by atoms with Crippen LogP contribution in [0.4, 0.5) is 16.4 Å². The van der Waals surface area contributed by atoms with E-state index in [1.165, 1.54) is 0 Å². The number of nitrogens with one attached hydrogen (secondary N) is 3. The van der Waals surface area contributed by atoms with Crippen LogP contribution in [0.2, 0.25) is 0 Å². The first-order chi connectivity index (χ1) is 13.0. The molecule has 1 fully saturated rings. The molecule has 3 N–H and O–H groups in total. The highest BCUT2D eigenvalue weighted by Crippen LogP contribution is 2.28. The largest absolute Gasteiger partial charge is 0.446 e. The van der Waals surface area contributed by atoms with Crippen LogP contribution in [0.1, 0.15) is 38.8 Å². The van der Waals surface area contributed by atoms with Crippen LogP contribution in [0.5, 0.6) is 0 Å². The zero-order chi connectivity index (χ0) is 19.4. The molecule has 1 aliphatic rings. The van der Waals surface area contributed by atoms with Gasteiger partial charge in [0.05, 0.1) is 0 Å². The van der Waals surface area contributed by atoms with Crippen LogP contribution < -0.4 is 16.0 Å². The summed E-state index contributed by atoms with van der Waals surface area (Å²) in [6, 6.07) is 6.16. The Morgan fingerprint density at radius 3 is 2.89 bits per heavy atom. The van der Waals surface area contributed by atoms with E-state index < -0.39 is 6.09 Å². The van der Waals surface area contributed by atoms with Crippen molar-refractivity contribution in [2.24, 2.45) is 0 Å². The van der Waals surface area contributed by atoms with Crippen molar-refractivity contribution in [1.82, 2.24) is 15.3 Å². The van der Waals surface area contributed by atoms with Gasteiger partial charge in [-0.05, 0) is 38.8 Å². The Kier molecular flexibility index (Phi) is 5.60. The molecular formula is C19H24N6O2. The van der Waals surface area contributed by atoms with Crippen LogP contribution in [0.15, 0.2) is 18.3 Å². The monoisotopic (exact) mass is 368 g/mol. The minimum atomic E-state index is -0.395. The number of carbonyl (C=O) groups is 1. The summed E-state index contributed by atoms with van der Waals surface area (Å²) in [7, 11) is 1.56. The molecule has 0 bridgehead atoms. The summed E-state index contributed by atoms with van der Waals surface area (Å²) in [5, 5.41) is 20.2. The van der Waals surface area contributed by atoms with E-state index in [0.717, 1.165) is 35.9 Å². The highest BCUT2D eigenvalue weighted by Gasteiger charge is 2.27. The number of hydrogen-bond donors (Lipinski definition) is 3. The van der Waals surface area contributed by atoms with E-state index in [1.807, 2.05) is 19.9 Å². The van der Waals surface area contributed by atoms with E-state index in [0.29, 0.717) is 11.5 Å². The Labute approximate surface area is 158 Å². The lowest BCUT2D eigenvalue weighted by molar-refractivity contribution is 0.102. The van der Waals surface area contributed by atoms with Gasteiger partial charge in [-0.2, -0.15) is 5.26 Å². The lowest BCUT2D eigenvalue weighted by Crippen LogP contribution is -2.25. The maximum atomic E-state index is 11.4. The summed E-state index contributed by atoms with van der Waals surface area (Å²) in [6.45, 7) is 4.05. The molecule has 0 radical (unpaired) electrons. The number of pyridine rings is 2.